The number of aromatic nitrogens is 3. The van der Waals surface area contributed by atoms with Gasteiger partial charge in [-0.25, -0.2) is 13.8 Å². The molecule has 3 atom stereocenters. The van der Waals surface area contributed by atoms with Gasteiger partial charge < -0.3 is 4.90 Å². The Labute approximate surface area is 227 Å². The number of fused-ring (bicyclic) bond motifs is 3. The van der Waals surface area contributed by atoms with E-state index in [1.807, 2.05) is 6.07 Å². The highest BCUT2D eigenvalue weighted by atomic mass is 19.4. The van der Waals surface area contributed by atoms with Crippen molar-refractivity contribution in [1.29, 1.82) is 0 Å². The van der Waals surface area contributed by atoms with Crippen molar-refractivity contribution < 1.29 is 26.7 Å². The standard InChI is InChI=1S/C30H25F5N4O/c1-28(32,30(33,34)35)22-7-10-24-21(14-22)15-25-29(24,16-18-5-8-23(31)9-6-18)11-12-39(25)27(40)20-4-2-3-19(13-20)26-36-17-37-38-26/h2-10,13-14,17,25H,11-12,15-16H2,1H3,(H,36,37,38). The molecule has 1 aliphatic carbocycles. The predicted octanol–water partition coefficient (Wildman–Crippen LogP) is 6.31. The Morgan fingerprint density at radius 2 is 1.85 bits per heavy atom. The second-order valence-electron chi connectivity index (χ2n) is 10.7. The lowest BCUT2D eigenvalue weighted by molar-refractivity contribution is -0.228. The third-order valence-electron chi connectivity index (χ3n) is 8.43. The lowest BCUT2D eigenvalue weighted by atomic mass is 9.73. The first-order chi connectivity index (χ1) is 19.0. The Balaban J connectivity index is 1.39. The highest BCUT2D eigenvalue weighted by molar-refractivity contribution is 5.96. The van der Waals surface area contributed by atoms with E-state index in [1.165, 1.54) is 30.6 Å². The molecule has 40 heavy (non-hydrogen) atoms. The van der Waals surface area contributed by atoms with E-state index in [9.17, 15) is 26.7 Å². The van der Waals surface area contributed by atoms with Crippen molar-refractivity contribution in [2.24, 2.45) is 0 Å². The quantitative estimate of drug-likeness (QED) is 0.295. The molecule has 2 aliphatic rings. The molecule has 0 spiro atoms. The zero-order valence-electron chi connectivity index (χ0n) is 21.5. The van der Waals surface area contributed by atoms with Crippen LogP contribution in [0.5, 0.6) is 0 Å². The minimum Gasteiger partial charge on any atom is -0.334 e. The van der Waals surface area contributed by atoms with E-state index in [-0.39, 0.29) is 24.2 Å². The van der Waals surface area contributed by atoms with Gasteiger partial charge in [-0.1, -0.05) is 42.5 Å². The molecule has 10 heteroatoms. The van der Waals surface area contributed by atoms with Crippen LogP contribution in [0, 0.1) is 5.82 Å². The fourth-order valence-electron chi connectivity index (χ4n) is 6.29. The van der Waals surface area contributed by atoms with Crippen LogP contribution in [0.4, 0.5) is 22.0 Å². The molecule has 1 fully saturated rings. The van der Waals surface area contributed by atoms with Crippen LogP contribution in [0.15, 0.2) is 73.1 Å². The average molecular weight is 553 g/mol. The zero-order chi connectivity index (χ0) is 28.3. The van der Waals surface area contributed by atoms with E-state index in [2.05, 4.69) is 15.2 Å². The van der Waals surface area contributed by atoms with Crippen LogP contribution in [0.1, 0.15) is 46.0 Å². The van der Waals surface area contributed by atoms with Gasteiger partial charge in [0.25, 0.3) is 5.91 Å². The topological polar surface area (TPSA) is 61.9 Å². The minimum absolute atomic E-state index is 0.217. The minimum atomic E-state index is -5.07. The molecule has 1 N–H and O–H groups in total. The largest absolute Gasteiger partial charge is 0.426 e. The van der Waals surface area contributed by atoms with E-state index in [1.54, 1.807) is 41.3 Å². The lowest BCUT2D eigenvalue weighted by Gasteiger charge is -2.34. The Morgan fingerprint density at radius 3 is 2.55 bits per heavy atom. The van der Waals surface area contributed by atoms with Gasteiger partial charge in [0.1, 0.15) is 12.1 Å². The highest BCUT2D eigenvalue weighted by Gasteiger charge is 2.57. The summed E-state index contributed by atoms with van der Waals surface area (Å²) in [6.07, 6.45) is -2.40. The molecule has 206 valence electrons. The molecule has 1 aromatic heterocycles. The zero-order valence-corrected chi connectivity index (χ0v) is 21.5. The number of carbonyl (C=O) groups excluding carboxylic acids is 1. The summed E-state index contributed by atoms with van der Waals surface area (Å²) in [4.78, 5) is 19.8. The third kappa shape index (κ3) is 4.17. The molecule has 1 saturated heterocycles. The maximum atomic E-state index is 14.9. The van der Waals surface area contributed by atoms with E-state index < -0.39 is 22.8 Å². The first-order valence-electron chi connectivity index (χ1n) is 12.9. The molecule has 3 unspecified atom stereocenters. The number of H-pyrrole nitrogens is 1. The van der Waals surface area contributed by atoms with Crippen LogP contribution >= 0.6 is 0 Å². The smallest absolute Gasteiger partial charge is 0.334 e. The number of aromatic amines is 1. The molecular formula is C30H25F5N4O. The number of nitrogens with one attached hydrogen (secondary N) is 1. The summed E-state index contributed by atoms with van der Waals surface area (Å²) in [6.45, 7) is 0.956. The van der Waals surface area contributed by atoms with Gasteiger partial charge >= 0.3 is 6.18 Å². The molecule has 1 amide bonds. The average Bonchev–Trinajstić information content (AvgIpc) is 3.65. The van der Waals surface area contributed by atoms with E-state index in [0.717, 1.165) is 11.1 Å². The Kier molecular flexibility index (Phi) is 6.05. The molecule has 6 rings (SSSR count). The van der Waals surface area contributed by atoms with Crippen LogP contribution in [-0.4, -0.2) is 44.8 Å². The van der Waals surface area contributed by atoms with E-state index >= 15 is 0 Å². The van der Waals surface area contributed by atoms with Gasteiger partial charge in [-0.05, 0) is 72.7 Å². The first-order valence-corrected chi connectivity index (χ1v) is 12.9. The van der Waals surface area contributed by atoms with Crippen LogP contribution in [0.2, 0.25) is 0 Å². The number of rotatable bonds is 5. The predicted molar refractivity (Wildman–Crippen MR) is 138 cm³/mol. The summed E-state index contributed by atoms with van der Waals surface area (Å²) in [7, 11) is 0. The second kappa shape index (κ2) is 9.25. The molecule has 2 heterocycles. The first kappa shape index (κ1) is 26.2. The van der Waals surface area contributed by atoms with Gasteiger partial charge in [-0.2, -0.15) is 18.3 Å². The number of nitrogens with zero attached hydrogens (tertiary/aromatic N) is 3. The monoisotopic (exact) mass is 552 g/mol. The molecule has 1 aliphatic heterocycles. The maximum Gasteiger partial charge on any atom is 0.426 e. The van der Waals surface area contributed by atoms with Gasteiger partial charge in [0.2, 0.25) is 5.67 Å². The van der Waals surface area contributed by atoms with Gasteiger partial charge in [0.05, 0.1) is 0 Å². The number of alkyl halides is 4. The summed E-state index contributed by atoms with van der Waals surface area (Å²) in [5, 5.41) is 6.64. The summed E-state index contributed by atoms with van der Waals surface area (Å²) in [6, 6.07) is 16.8. The number of carbonyl (C=O) groups is 1. The molecular weight excluding hydrogens is 527 g/mol. The molecule has 0 radical (unpaired) electrons. The summed E-state index contributed by atoms with van der Waals surface area (Å²) >= 11 is 0. The van der Waals surface area contributed by atoms with Crippen LogP contribution in [0.3, 0.4) is 0 Å². The second-order valence-corrected chi connectivity index (χ2v) is 10.7. The van der Waals surface area contributed by atoms with Crippen molar-refractivity contribution in [2.75, 3.05) is 6.54 Å². The van der Waals surface area contributed by atoms with Crippen molar-refractivity contribution in [3.05, 3.63) is 107 Å². The Hall–Kier alpha value is -4.08. The van der Waals surface area contributed by atoms with Gasteiger partial charge in [-0.15, -0.1) is 0 Å². The summed E-state index contributed by atoms with van der Waals surface area (Å²) < 4.78 is 69.1. The van der Waals surface area contributed by atoms with E-state index in [0.29, 0.717) is 48.8 Å². The van der Waals surface area contributed by atoms with Crippen LogP contribution in [-0.2, 0) is 23.9 Å². The Morgan fingerprint density at radius 1 is 1.07 bits per heavy atom. The summed E-state index contributed by atoms with van der Waals surface area (Å²) in [5.41, 5.74) is -1.23. The number of halogens is 5. The SMILES string of the molecule is CC(F)(c1ccc2c(c1)CC1N(C(=O)c3cccc(-c4ncn[nH]4)c3)CCC21Cc1ccc(F)cc1)C(F)(F)F. The summed E-state index contributed by atoms with van der Waals surface area (Å²) in [5.74, 6) is -0.0778. The number of amides is 1. The van der Waals surface area contributed by atoms with Crippen LogP contribution in [0.25, 0.3) is 11.4 Å². The number of likely N-dealkylation sites (tertiary alicyclic amines) is 1. The third-order valence-corrected chi connectivity index (χ3v) is 8.43. The van der Waals surface area contributed by atoms with Crippen molar-refractivity contribution in [2.45, 2.75) is 49.5 Å². The Bertz CT molecular complexity index is 1570. The number of benzene rings is 3. The molecule has 0 saturated carbocycles. The normalized spacial score (nSPS) is 21.6. The lowest BCUT2D eigenvalue weighted by Crippen LogP contribution is -2.44. The molecule has 4 aromatic rings. The fraction of sp³-hybridized carbons (Fsp3) is 0.300. The van der Waals surface area contributed by atoms with Crippen molar-refractivity contribution in [3.8, 4) is 11.4 Å². The molecule has 3 aromatic carbocycles. The van der Waals surface area contributed by atoms with Gasteiger partial charge in [0, 0.05) is 29.1 Å². The fourth-order valence-corrected chi connectivity index (χ4v) is 6.29. The van der Waals surface area contributed by atoms with Crippen molar-refractivity contribution in [3.63, 3.8) is 0 Å². The molecule has 0 bridgehead atoms. The maximum absolute atomic E-state index is 14.9. The van der Waals surface area contributed by atoms with Crippen molar-refractivity contribution in [1.82, 2.24) is 20.1 Å². The van der Waals surface area contributed by atoms with Gasteiger partial charge in [0.15, 0.2) is 5.82 Å². The number of hydrogen-bond donors (Lipinski definition) is 1. The molecule has 5 nitrogen and oxygen atoms in total. The van der Waals surface area contributed by atoms with Crippen LogP contribution < -0.4 is 0 Å². The van der Waals surface area contributed by atoms with Gasteiger partial charge in [-0.3, -0.25) is 9.89 Å². The van der Waals surface area contributed by atoms with E-state index in [4.69, 9.17) is 0 Å². The highest BCUT2D eigenvalue weighted by Crippen LogP contribution is 2.52. The van der Waals surface area contributed by atoms with Crippen molar-refractivity contribution >= 4 is 5.91 Å². The number of hydrogen-bond acceptors (Lipinski definition) is 3.